The molecule has 8 heteroatoms. The molecule has 116 valence electrons. The molecule has 22 heavy (non-hydrogen) atoms. The Hall–Kier alpha value is -2.51. The molecule has 0 spiro atoms. The quantitative estimate of drug-likeness (QED) is 0.684. The monoisotopic (exact) mass is 302 g/mol. The van der Waals surface area contributed by atoms with Crippen molar-refractivity contribution in [3.8, 4) is 0 Å². The van der Waals surface area contributed by atoms with Crippen LogP contribution in [0.25, 0.3) is 0 Å². The van der Waals surface area contributed by atoms with E-state index in [0.717, 1.165) is 43.0 Å². The van der Waals surface area contributed by atoms with E-state index in [-0.39, 0.29) is 11.7 Å². The van der Waals surface area contributed by atoms with Crippen molar-refractivity contribution in [2.45, 2.75) is 45.7 Å². The fourth-order valence-corrected chi connectivity index (χ4v) is 2.63. The second-order valence-corrected chi connectivity index (χ2v) is 5.48. The van der Waals surface area contributed by atoms with Crippen LogP contribution in [0.15, 0.2) is 12.3 Å². The second kappa shape index (κ2) is 5.70. The minimum absolute atomic E-state index is 0.0119. The summed E-state index contributed by atoms with van der Waals surface area (Å²) in [6, 6.07) is 1.74. The lowest BCUT2D eigenvalue weighted by Gasteiger charge is -2.24. The highest BCUT2D eigenvalue weighted by molar-refractivity contribution is 5.48. The van der Waals surface area contributed by atoms with Gasteiger partial charge in [-0.2, -0.15) is 5.10 Å². The molecule has 0 saturated carbocycles. The van der Waals surface area contributed by atoms with E-state index in [2.05, 4.69) is 20.4 Å². The molecule has 1 atom stereocenters. The van der Waals surface area contributed by atoms with E-state index in [1.165, 1.54) is 12.3 Å². The van der Waals surface area contributed by atoms with E-state index >= 15 is 0 Å². The van der Waals surface area contributed by atoms with Crippen LogP contribution >= 0.6 is 0 Å². The first-order valence-corrected chi connectivity index (χ1v) is 7.37. The van der Waals surface area contributed by atoms with Gasteiger partial charge in [0.15, 0.2) is 5.82 Å². The minimum atomic E-state index is -0.432. The van der Waals surface area contributed by atoms with E-state index < -0.39 is 4.92 Å². The topological polar surface area (TPSA) is 98.8 Å². The number of aromatic nitrogens is 4. The normalized spacial score (nSPS) is 17.1. The maximum atomic E-state index is 10.7. The summed E-state index contributed by atoms with van der Waals surface area (Å²) in [4.78, 5) is 19.0. The van der Waals surface area contributed by atoms with Gasteiger partial charge in [-0.3, -0.25) is 10.1 Å². The van der Waals surface area contributed by atoms with Gasteiger partial charge >= 0.3 is 0 Å². The molecule has 3 rings (SSSR count). The van der Waals surface area contributed by atoms with E-state index in [1.807, 2.05) is 18.5 Å². The number of anilines is 1. The Balaban J connectivity index is 1.73. The number of nitro groups is 1. The van der Waals surface area contributed by atoms with Crippen molar-refractivity contribution < 1.29 is 4.92 Å². The first-order valence-electron chi connectivity index (χ1n) is 7.37. The van der Waals surface area contributed by atoms with Crippen molar-refractivity contribution in [3.05, 3.63) is 39.6 Å². The molecule has 0 aromatic carbocycles. The third-order valence-electron chi connectivity index (χ3n) is 3.83. The number of aryl methyl sites for hydroxylation is 3. The molecule has 0 fully saturated rings. The van der Waals surface area contributed by atoms with Gasteiger partial charge in [-0.25, -0.2) is 14.6 Å². The molecule has 8 nitrogen and oxygen atoms in total. The number of pyridine rings is 1. The second-order valence-electron chi connectivity index (χ2n) is 5.48. The van der Waals surface area contributed by atoms with Crippen LogP contribution in [-0.4, -0.2) is 30.7 Å². The van der Waals surface area contributed by atoms with Crippen LogP contribution in [0.2, 0.25) is 0 Å². The Morgan fingerprint density at radius 3 is 3.05 bits per heavy atom. The van der Waals surface area contributed by atoms with Crippen LogP contribution in [0.5, 0.6) is 0 Å². The number of hydrogen-bond acceptors (Lipinski definition) is 6. The summed E-state index contributed by atoms with van der Waals surface area (Å²) in [5.41, 5.74) is 0.783. The molecule has 1 aliphatic heterocycles. The van der Waals surface area contributed by atoms with Gasteiger partial charge in [-0.1, -0.05) is 6.92 Å². The first kappa shape index (κ1) is 14.4. The summed E-state index contributed by atoms with van der Waals surface area (Å²) in [6.45, 7) is 4.60. The van der Waals surface area contributed by atoms with Gasteiger partial charge in [0.2, 0.25) is 0 Å². The van der Waals surface area contributed by atoms with Crippen LogP contribution in [0.1, 0.15) is 30.6 Å². The standard InChI is InChI=1S/C14H18N6O2/c1-3-12-17-13-5-4-10(8-19(13)18-12)16-14-9(2)6-11(7-15-14)20(21)22/h6-7,10H,3-5,8H2,1-2H3,(H,15,16). The summed E-state index contributed by atoms with van der Waals surface area (Å²) in [7, 11) is 0. The van der Waals surface area contributed by atoms with Crippen molar-refractivity contribution in [1.82, 2.24) is 19.7 Å². The van der Waals surface area contributed by atoms with Gasteiger partial charge < -0.3 is 5.32 Å². The average molecular weight is 302 g/mol. The molecule has 0 saturated heterocycles. The fourth-order valence-electron chi connectivity index (χ4n) is 2.63. The molecule has 2 aromatic rings. The molecular weight excluding hydrogens is 284 g/mol. The van der Waals surface area contributed by atoms with Crippen molar-refractivity contribution in [2.75, 3.05) is 5.32 Å². The third kappa shape index (κ3) is 2.76. The largest absolute Gasteiger partial charge is 0.365 e. The van der Waals surface area contributed by atoms with Crippen molar-refractivity contribution in [1.29, 1.82) is 0 Å². The summed E-state index contributed by atoms with van der Waals surface area (Å²) in [5, 5.41) is 18.6. The summed E-state index contributed by atoms with van der Waals surface area (Å²) >= 11 is 0. The molecule has 0 bridgehead atoms. The third-order valence-corrected chi connectivity index (χ3v) is 3.83. The molecule has 1 N–H and O–H groups in total. The smallest absolute Gasteiger partial charge is 0.287 e. The Labute approximate surface area is 127 Å². The lowest BCUT2D eigenvalue weighted by molar-refractivity contribution is -0.385. The lowest BCUT2D eigenvalue weighted by atomic mass is 10.1. The average Bonchev–Trinajstić information content (AvgIpc) is 2.91. The zero-order valence-electron chi connectivity index (χ0n) is 12.6. The number of nitrogens with one attached hydrogen (secondary N) is 1. The highest BCUT2D eigenvalue weighted by Gasteiger charge is 2.22. The molecular formula is C14H18N6O2. The van der Waals surface area contributed by atoms with Crippen molar-refractivity contribution >= 4 is 11.5 Å². The number of nitrogens with zero attached hydrogens (tertiary/aromatic N) is 5. The van der Waals surface area contributed by atoms with Gasteiger partial charge in [0.25, 0.3) is 5.69 Å². The maximum absolute atomic E-state index is 10.7. The summed E-state index contributed by atoms with van der Waals surface area (Å²) in [6.07, 6.45) is 3.94. The SMILES string of the molecule is CCc1nc2n(n1)CC(Nc1ncc([N+](=O)[O-])cc1C)CC2. The van der Waals surface area contributed by atoms with Gasteiger partial charge in [0, 0.05) is 24.9 Å². The minimum Gasteiger partial charge on any atom is -0.365 e. The van der Waals surface area contributed by atoms with Crippen LogP contribution < -0.4 is 5.32 Å². The summed E-state index contributed by atoms with van der Waals surface area (Å²) < 4.78 is 1.95. The molecule has 0 amide bonds. The van der Waals surface area contributed by atoms with Crippen LogP contribution in [0, 0.1) is 17.0 Å². The van der Waals surface area contributed by atoms with E-state index in [4.69, 9.17) is 0 Å². The van der Waals surface area contributed by atoms with E-state index in [1.54, 1.807) is 0 Å². The Kier molecular flexibility index (Phi) is 3.74. The van der Waals surface area contributed by atoms with Crippen LogP contribution in [-0.2, 0) is 19.4 Å². The van der Waals surface area contributed by atoms with E-state index in [0.29, 0.717) is 5.82 Å². The zero-order chi connectivity index (χ0) is 15.7. The lowest BCUT2D eigenvalue weighted by Crippen LogP contribution is -2.32. The number of fused-ring (bicyclic) bond motifs is 1. The maximum Gasteiger partial charge on any atom is 0.287 e. The Morgan fingerprint density at radius 2 is 2.36 bits per heavy atom. The highest BCUT2D eigenvalue weighted by Crippen LogP contribution is 2.21. The number of hydrogen-bond donors (Lipinski definition) is 1. The predicted octanol–water partition coefficient (Wildman–Crippen LogP) is 1.88. The molecule has 1 unspecified atom stereocenters. The van der Waals surface area contributed by atoms with Crippen LogP contribution in [0.4, 0.5) is 11.5 Å². The van der Waals surface area contributed by atoms with Crippen LogP contribution in [0.3, 0.4) is 0 Å². The van der Waals surface area contributed by atoms with Gasteiger partial charge in [0.1, 0.15) is 17.8 Å². The number of rotatable bonds is 4. The Morgan fingerprint density at radius 1 is 1.55 bits per heavy atom. The zero-order valence-corrected chi connectivity index (χ0v) is 12.6. The van der Waals surface area contributed by atoms with E-state index in [9.17, 15) is 10.1 Å². The molecule has 3 heterocycles. The first-order chi connectivity index (χ1) is 10.6. The Bertz CT molecular complexity index is 711. The summed E-state index contributed by atoms with van der Waals surface area (Å²) in [5.74, 6) is 2.60. The van der Waals surface area contributed by atoms with Gasteiger partial charge in [-0.05, 0) is 18.9 Å². The predicted molar refractivity (Wildman–Crippen MR) is 80.8 cm³/mol. The molecule has 0 aliphatic carbocycles. The van der Waals surface area contributed by atoms with Crippen molar-refractivity contribution in [2.24, 2.45) is 0 Å². The molecule has 2 aromatic heterocycles. The molecule has 1 aliphatic rings. The van der Waals surface area contributed by atoms with Crippen molar-refractivity contribution in [3.63, 3.8) is 0 Å². The fraction of sp³-hybridized carbons (Fsp3) is 0.500. The van der Waals surface area contributed by atoms with Gasteiger partial charge in [0.05, 0.1) is 11.5 Å². The molecule has 0 radical (unpaired) electrons. The highest BCUT2D eigenvalue weighted by atomic mass is 16.6. The van der Waals surface area contributed by atoms with Gasteiger partial charge in [-0.15, -0.1) is 0 Å².